The third-order valence-corrected chi connectivity index (χ3v) is 5.55. The van der Waals surface area contributed by atoms with E-state index in [1.54, 1.807) is 24.3 Å². The van der Waals surface area contributed by atoms with Crippen LogP contribution in [0.2, 0.25) is 0 Å². The summed E-state index contributed by atoms with van der Waals surface area (Å²) in [5.41, 5.74) is 5.90. The minimum atomic E-state index is -0.448. The lowest BCUT2D eigenvalue weighted by Crippen LogP contribution is -2.13. The van der Waals surface area contributed by atoms with E-state index in [0.717, 1.165) is 29.1 Å². The first kappa shape index (κ1) is 23.9. The van der Waals surface area contributed by atoms with Crippen molar-refractivity contribution in [3.8, 4) is 17.5 Å². The molecule has 1 aromatic heterocycles. The highest BCUT2D eigenvalue weighted by Gasteiger charge is 2.14. The number of aryl methyl sites for hydroxylation is 2. The van der Waals surface area contributed by atoms with Crippen LogP contribution in [0, 0.1) is 25.2 Å². The van der Waals surface area contributed by atoms with Gasteiger partial charge in [-0.2, -0.15) is 5.26 Å². The summed E-state index contributed by atoms with van der Waals surface area (Å²) in [5.74, 6) is 0.221. The molecule has 5 heteroatoms. The van der Waals surface area contributed by atoms with E-state index in [0.29, 0.717) is 18.0 Å². The number of hydrogen-bond donors (Lipinski definition) is 1. The van der Waals surface area contributed by atoms with Crippen LogP contribution < -0.4 is 10.1 Å². The van der Waals surface area contributed by atoms with Gasteiger partial charge < -0.3 is 14.6 Å². The molecule has 1 amide bonds. The Kier molecular flexibility index (Phi) is 8.10. The molecular formula is C28H31N3O2. The third kappa shape index (κ3) is 5.93. The van der Waals surface area contributed by atoms with Crippen molar-refractivity contribution < 1.29 is 9.53 Å². The molecule has 0 radical (unpaired) electrons. The Morgan fingerprint density at radius 1 is 1.12 bits per heavy atom. The summed E-state index contributed by atoms with van der Waals surface area (Å²) in [6.45, 7) is 8.67. The van der Waals surface area contributed by atoms with Gasteiger partial charge in [-0.15, -0.1) is 0 Å². The zero-order valence-electron chi connectivity index (χ0n) is 19.8. The molecule has 170 valence electrons. The van der Waals surface area contributed by atoms with E-state index in [1.165, 1.54) is 18.4 Å². The molecule has 2 aromatic carbocycles. The van der Waals surface area contributed by atoms with Gasteiger partial charge >= 0.3 is 0 Å². The number of amides is 1. The largest absolute Gasteiger partial charge is 0.494 e. The van der Waals surface area contributed by atoms with Crippen LogP contribution in [0.25, 0.3) is 11.8 Å². The third-order valence-electron chi connectivity index (χ3n) is 5.55. The van der Waals surface area contributed by atoms with Crippen molar-refractivity contribution in [3.63, 3.8) is 0 Å². The van der Waals surface area contributed by atoms with Gasteiger partial charge in [0.2, 0.25) is 0 Å². The Morgan fingerprint density at radius 3 is 2.55 bits per heavy atom. The second-order valence-electron chi connectivity index (χ2n) is 8.02. The van der Waals surface area contributed by atoms with Crippen LogP contribution in [0.5, 0.6) is 5.75 Å². The number of rotatable bonds is 9. The maximum absolute atomic E-state index is 12.8. The first-order valence-electron chi connectivity index (χ1n) is 11.4. The summed E-state index contributed by atoms with van der Waals surface area (Å²) in [7, 11) is 0. The van der Waals surface area contributed by atoms with Gasteiger partial charge in [0.05, 0.1) is 6.61 Å². The number of nitrogens with one attached hydrogen (secondary N) is 1. The number of carbonyl (C=O) groups excluding carboxylic acids is 1. The van der Waals surface area contributed by atoms with E-state index in [9.17, 15) is 10.1 Å². The second kappa shape index (κ2) is 11.2. The number of nitriles is 1. The topological polar surface area (TPSA) is 67.0 Å². The molecule has 0 aliphatic carbocycles. The second-order valence-corrected chi connectivity index (χ2v) is 8.02. The molecule has 0 aliphatic rings. The number of benzene rings is 2. The molecule has 0 unspecified atom stereocenters. The van der Waals surface area contributed by atoms with Crippen molar-refractivity contribution in [3.05, 3.63) is 82.7 Å². The van der Waals surface area contributed by atoms with Gasteiger partial charge in [0.15, 0.2) is 0 Å². The molecule has 5 nitrogen and oxygen atoms in total. The molecule has 0 spiro atoms. The van der Waals surface area contributed by atoms with Crippen molar-refractivity contribution in [1.29, 1.82) is 5.26 Å². The van der Waals surface area contributed by atoms with E-state index >= 15 is 0 Å². The van der Waals surface area contributed by atoms with Crippen LogP contribution >= 0.6 is 0 Å². The Balaban J connectivity index is 1.84. The van der Waals surface area contributed by atoms with Gasteiger partial charge in [-0.3, -0.25) is 4.79 Å². The highest BCUT2D eigenvalue weighted by molar-refractivity contribution is 6.09. The maximum atomic E-state index is 12.8. The Bertz CT molecular complexity index is 1180. The van der Waals surface area contributed by atoms with E-state index in [2.05, 4.69) is 41.1 Å². The summed E-state index contributed by atoms with van der Waals surface area (Å²) < 4.78 is 7.62. The zero-order valence-corrected chi connectivity index (χ0v) is 19.8. The summed E-state index contributed by atoms with van der Waals surface area (Å²) in [4.78, 5) is 12.8. The molecule has 0 aliphatic heterocycles. The number of ether oxygens (including phenoxy) is 1. The maximum Gasteiger partial charge on any atom is 0.266 e. The molecule has 3 rings (SSSR count). The van der Waals surface area contributed by atoms with E-state index < -0.39 is 5.91 Å². The van der Waals surface area contributed by atoms with Crippen LogP contribution in [0.1, 0.15) is 49.2 Å². The van der Waals surface area contributed by atoms with Crippen LogP contribution in [-0.4, -0.2) is 17.1 Å². The van der Waals surface area contributed by atoms with Gasteiger partial charge in [-0.1, -0.05) is 31.5 Å². The number of carbonyl (C=O) groups is 1. The monoisotopic (exact) mass is 441 g/mol. The zero-order chi connectivity index (χ0) is 23.8. The molecule has 1 N–H and O–H groups in total. The van der Waals surface area contributed by atoms with Gasteiger partial charge in [-0.05, 0) is 81.1 Å². The fourth-order valence-electron chi connectivity index (χ4n) is 3.86. The van der Waals surface area contributed by atoms with Gasteiger partial charge in [0.1, 0.15) is 17.4 Å². The highest BCUT2D eigenvalue weighted by atomic mass is 16.5. The van der Waals surface area contributed by atoms with Gasteiger partial charge in [0.25, 0.3) is 5.91 Å². The Morgan fingerprint density at radius 2 is 1.88 bits per heavy atom. The first-order chi connectivity index (χ1) is 16.0. The predicted octanol–water partition coefficient (Wildman–Crippen LogP) is 6.38. The standard InChI is InChI=1S/C28H31N3O2/c1-5-7-9-22-12-14-26(15-13-22)31-20(3)16-23(21(31)4)17-24(19-29)28(32)30-25-10-8-11-27(18-25)33-6-2/h8,10-18H,5-7,9H2,1-4H3,(H,30,32)/b24-17-. The van der Waals surface area contributed by atoms with Crippen LogP contribution in [0.4, 0.5) is 5.69 Å². The Labute approximate surface area is 196 Å². The van der Waals surface area contributed by atoms with Gasteiger partial charge in [0, 0.05) is 28.8 Å². The molecule has 0 bridgehead atoms. The lowest BCUT2D eigenvalue weighted by Gasteiger charge is -2.11. The van der Waals surface area contributed by atoms with E-state index in [1.807, 2.05) is 39.0 Å². The van der Waals surface area contributed by atoms with Crippen LogP contribution in [0.15, 0.2) is 60.2 Å². The van der Waals surface area contributed by atoms with Crippen molar-refractivity contribution in [2.75, 3.05) is 11.9 Å². The molecule has 3 aromatic rings. The summed E-state index contributed by atoms with van der Waals surface area (Å²) in [6, 6.07) is 19.8. The lowest BCUT2D eigenvalue weighted by atomic mass is 10.1. The molecule has 0 atom stereocenters. The van der Waals surface area contributed by atoms with Gasteiger partial charge in [-0.25, -0.2) is 0 Å². The number of hydrogen-bond acceptors (Lipinski definition) is 3. The minimum absolute atomic E-state index is 0.0481. The van der Waals surface area contributed by atoms with Crippen LogP contribution in [0.3, 0.4) is 0 Å². The predicted molar refractivity (Wildman–Crippen MR) is 134 cm³/mol. The summed E-state index contributed by atoms with van der Waals surface area (Å²) in [6.07, 6.45) is 5.10. The smallest absolute Gasteiger partial charge is 0.266 e. The SMILES string of the molecule is CCCCc1ccc(-n2c(C)cc(/C=C(/C#N)C(=O)Nc3cccc(OCC)c3)c2C)cc1. The van der Waals surface area contributed by atoms with Crippen molar-refractivity contribution >= 4 is 17.7 Å². The number of unbranched alkanes of at least 4 members (excludes halogenated alkanes) is 1. The molecule has 0 saturated carbocycles. The fraction of sp³-hybridized carbons (Fsp3) is 0.286. The van der Waals surface area contributed by atoms with E-state index in [4.69, 9.17) is 4.74 Å². The van der Waals surface area contributed by atoms with Crippen molar-refractivity contribution in [1.82, 2.24) is 4.57 Å². The molecule has 33 heavy (non-hydrogen) atoms. The molecule has 0 saturated heterocycles. The number of nitrogens with zero attached hydrogens (tertiary/aromatic N) is 2. The fourth-order valence-corrected chi connectivity index (χ4v) is 3.86. The van der Waals surface area contributed by atoms with Crippen molar-refractivity contribution in [2.24, 2.45) is 0 Å². The van der Waals surface area contributed by atoms with Crippen molar-refractivity contribution in [2.45, 2.75) is 47.0 Å². The van der Waals surface area contributed by atoms with Crippen LogP contribution in [-0.2, 0) is 11.2 Å². The molecular weight excluding hydrogens is 410 g/mol. The summed E-state index contributed by atoms with van der Waals surface area (Å²) >= 11 is 0. The molecule has 0 fully saturated rings. The Hall–Kier alpha value is -3.78. The minimum Gasteiger partial charge on any atom is -0.494 e. The normalized spacial score (nSPS) is 11.2. The van der Waals surface area contributed by atoms with E-state index in [-0.39, 0.29) is 5.57 Å². The quantitative estimate of drug-likeness (QED) is 0.309. The summed E-state index contributed by atoms with van der Waals surface area (Å²) in [5, 5.41) is 12.4. The average Bonchev–Trinajstić information content (AvgIpc) is 3.09. The number of anilines is 1. The highest BCUT2D eigenvalue weighted by Crippen LogP contribution is 2.24. The first-order valence-corrected chi connectivity index (χ1v) is 11.4. The lowest BCUT2D eigenvalue weighted by molar-refractivity contribution is -0.112. The average molecular weight is 442 g/mol. The molecule has 1 heterocycles. The number of aromatic nitrogens is 1.